The number of morpholine rings is 1. The van der Waals surface area contributed by atoms with E-state index < -0.39 is 0 Å². The molecule has 0 saturated carbocycles. The second kappa shape index (κ2) is 9.44. The topological polar surface area (TPSA) is 62.8 Å². The zero-order valence-corrected chi connectivity index (χ0v) is 14.2. The summed E-state index contributed by atoms with van der Waals surface area (Å²) in [7, 11) is 1.65. The molecule has 1 aliphatic heterocycles. The zero-order valence-electron chi connectivity index (χ0n) is 13.3. The fraction of sp³-hybridized carbons (Fsp3) is 0.500. The number of ether oxygens (including phenoxy) is 2. The van der Waals surface area contributed by atoms with E-state index in [0.29, 0.717) is 51.0 Å². The van der Waals surface area contributed by atoms with Crippen LogP contribution in [-0.4, -0.2) is 62.5 Å². The molecule has 1 heterocycles. The van der Waals surface area contributed by atoms with Crippen molar-refractivity contribution in [3.63, 3.8) is 0 Å². The van der Waals surface area contributed by atoms with E-state index >= 15 is 0 Å². The Hall–Kier alpha value is -1.70. The molecule has 0 radical (unpaired) electrons. The average molecular weight is 337 g/mol. The number of hydrogen-bond acceptors (Lipinski definition) is 4. The van der Waals surface area contributed by atoms with Crippen LogP contribution in [0.15, 0.2) is 24.3 Å². The molecular weight excluding hydrogens is 314 g/mol. The van der Waals surface area contributed by atoms with Gasteiger partial charge in [-0.25, -0.2) is 0 Å². The maximum absolute atomic E-state index is 12.2. The Bertz CT molecular complexity index is 516. The third-order valence-corrected chi connectivity index (χ3v) is 3.77. The SMILES string of the molecule is COCCNC(=S)Nc1ccc(CC(=O)N2CCOCC2)cc1. The molecule has 0 aliphatic carbocycles. The molecule has 0 unspecified atom stereocenters. The van der Waals surface area contributed by atoms with Crippen LogP contribution in [0.3, 0.4) is 0 Å². The van der Waals surface area contributed by atoms with E-state index in [1.165, 1.54) is 0 Å². The highest BCUT2D eigenvalue weighted by Gasteiger charge is 2.16. The van der Waals surface area contributed by atoms with Gasteiger partial charge in [0.1, 0.15) is 0 Å². The lowest BCUT2D eigenvalue weighted by Gasteiger charge is -2.26. The molecule has 2 rings (SSSR count). The van der Waals surface area contributed by atoms with Gasteiger partial charge in [-0.2, -0.15) is 0 Å². The Labute approximate surface area is 142 Å². The molecule has 2 N–H and O–H groups in total. The fourth-order valence-corrected chi connectivity index (χ4v) is 2.47. The van der Waals surface area contributed by atoms with Gasteiger partial charge in [-0.05, 0) is 29.9 Å². The van der Waals surface area contributed by atoms with Gasteiger partial charge in [0.25, 0.3) is 0 Å². The van der Waals surface area contributed by atoms with Crippen LogP contribution in [0.2, 0.25) is 0 Å². The number of thiocarbonyl (C=S) groups is 1. The van der Waals surface area contributed by atoms with Gasteiger partial charge in [-0.3, -0.25) is 4.79 Å². The number of benzene rings is 1. The normalized spacial score (nSPS) is 14.4. The highest BCUT2D eigenvalue weighted by Crippen LogP contribution is 2.11. The van der Waals surface area contributed by atoms with Crippen LogP contribution in [0, 0.1) is 0 Å². The number of amides is 1. The van der Waals surface area contributed by atoms with Crippen molar-refractivity contribution in [2.45, 2.75) is 6.42 Å². The van der Waals surface area contributed by atoms with Crippen molar-refractivity contribution in [1.29, 1.82) is 0 Å². The summed E-state index contributed by atoms with van der Waals surface area (Å²) in [5.41, 5.74) is 1.88. The third kappa shape index (κ3) is 6.13. The smallest absolute Gasteiger partial charge is 0.227 e. The first-order valence-corrected chi connectivity index (χ1v) is 8.08. The minimum atomic E-state index is 0.144. The van der Waals surface area contributed by atoms with Crippen molar-refractivity contribution >= 4 is 28.9 Å². The molecule has 1 aromatic carbocycles. The van der Waals surface area contributed by atoms with Crippen LogP contribution in [0.25, 0.3) is 0 Å². The van der Waals surface area contributed by atoms with Gasteiger partial charge in [0.05, 0.1) is 26.2 Å². The van der Waals surface area contributed by atoms with Gasteiger partial charge in [0, 0.05) is 32.4 Å². The monoisotopic (exact) mass is 337 g/mol. The van der Waals surface area contributed by atoms with Gasteiger partial charge in [-0.15, -0.1) is 0 Å². The summed E-state index contributed by atoms with van der Waals surface area (Å²) in [5, 5.41) is 6.70. The van der Waals surface area contributed by atoms with Crippen LogP contribution in [-0.2, 0) is 20.7 Å². The second-order valence-corrected chi connectivity index (χ2v) is 5.65. The van der Waals surface area contributed by atoms with E-state index in [2.05, 4.69) is 10.6 Å². The van der Waals surface area contributed by atoms with Gasteiger partial charge >= 0.3 is 0 Å². The van der Waals surface area contributed by atoms with Crippen molar-refractivity contribution in [1.82, 2.24) is 10.2 Å². The number of nitrogens with zero attached hydrogens (tertiary/aromatic N) is 1. The van der Waals surface area contributed by atoms with E-state index in [0.717, 1.165) is 11.3 Å². The minimum Gasteiger partial charge on any atom is -0.383 e. The van der Waals surface area contributed by atoms with Crippen molar-refractivity contribution in [3.05, 3.63) is 29.8 Å². The summed E-state index contributed by atoms with van der Waals surface area (Å²) < 4.78 is 10.2. The van der Waals surface area contributed by atoms with E-state index in [1.54, 1.807) is 7.11 Å². The van der Waals surface area contributed by atoms with E-state index in [9.17, 15) is 4.79 Å². The molecule has 7 heteroatoms. The molecular formula is C16H23N3O3S. The van der Waals surface area contributed by atoms with Crippen LogP contribution in [0.4, 0.5) is 5.69 Å². The maximum Gasteiger partial charge on any atom is 0.227 e. The lowest BCUT2D eigenvalue weighted by Crippen LogP contribution is -2.41. The van der Waals surface area contributed by atoms with Gasteiger partial charge in [0.2, 0.25) is 5.91 Å². The Morgan fingerprint density at radius 2 is 2.00 bits per heavy atom. The number of carbonyl (C=O) groups excluding carboxylic acids is 1. The first-order valence-electron chi connectivity index (χ1n) is 7.67. The molecule has 0 bridgehead atoms. The zero-order chi connectivity index (χ0) is 16.5. The number of rotatable bonds is 6. The van der Waals surface area contributed by atoms with Crippen molar-refractivity contribution < 1.29 is 14.3 Å². The maximum atomic E-state index is 12.2. The predicted octanol–water partition coefficient (Wildman–Crippen LogP) is 1.02. The van der Waals surface area contributed by atoms with Gasteiger partial charge < -0.3 is 25.0 Å². The number of hydrogen-bond donors (Lipinski definition) is 2. The van der Waals surface area contributed by atoms with Crippen molar-refractivity contribution in [2.75, 3.05) is 51.9 Å². The Kier molecular flexibility index (Phi) is 7.25. The summed E-state index contributed by atoms with van der Waals surface area (Å²) in [6.07, 6.45) is 0.414. The average Bonchev–Trinajstić information content (AvgIpc) is 2.57. The van der Waals surface area contributed by atoms with Gasteiger partial charge in [-0.1, -0.05) is 12.1 Å². The third-order valence-electron chi connectivity index (χ3n) is 3.52. The molecule has 6 nitrogen and oxygen atoms in total. The Balaban J connectivity index is 1.79. The predicted molar refractivity (Wildman–Crippen MR) is 93.6 cm³/mol. The lowest BCUT2D eigenvalue weighted by molar-refractivity contribution is -0.134. The molecule has 1 saturated heterocycles. The van der Waals surface area contributed by atoms with Crippen LogP contribution in [0.1, 0.15) is 5.56 Å². The highest BCUT2D eigenvalue weighted by atomic mass is 32.1. The van der Waals surface area contributed by atoms with Gasteiger partial charge in [0.15, 0.2) is 5.11 Å². The summed E-state index contributed by atoms with van der Waals surface area (Å²) in [4.78, 5) is 14.0. The van der Waals surface area contributed by atoms with E-state index in [1.807, 2.05) is 29.2 Å². The molecule has 23 heavy (non-hydrogen) atoms. The molecule has 0 aromatic heterocycles. The number of anilines is 1. The molecule has 1 fully saturated rings. The van der Waals surface area contributed by atoms with E-state index in [4.69, 9.17) is 21.7 Å². The molecule has 0 spiro atoms. The van der Waals surface area contributed by atoms with Crippen molar-refractivity contribution in [2.24, 2.45) is 0 Å². The molecule has 1 amide bonds. The summed E-state index contributed by atoms with van der Waals surface area (Å²) in [6, 6.07) is 7.73. The summed E-state index contributed by atoms with van der Waals surface area (Å²) in [6.45, 7) is 3.88. The summed E-state index contributed by atoms with van der Waals surface area (Å²) >= 11 is 5.19. The quantitative estimate of drug-likeness (QED) is 0.597. The molecule has 0 atom stereocenters. The molecule has 126 valence electrons. The first-order chi connectivity index (χ1) is 11.2. The first kappa shape index (κ1) is 17.7. The lowest BCUT2D eigenvalue weighted by atomic mass is 10.1. The van der Waals surface area contributed by atoms with Crippen LogP contribution >= 0.6 is 12.2 Å². The Morgan fingerprint density at radius 3 is 2.65 bits per heavy atom. The minimum absolute atomic E-state index is 0.144. The molecule has 1 aliphatic rings. The fourth-order valence-electron chi connectivity index (χ4n) is 2.25. The molecule has 1 aromatic rings. The summed E-state index contributed by atoms with van der Waals surface area (Å²) in [5.74, 6) is 0.144. The Morgan fingerprint density at radius 1 is 1.30 bits per heavy atom. The number of methoxy groups -OCH3 is 1. The number of nitrogens with one attached hydrogen (secondary N) is 2. The van der Waals surface area contributed by atoms with Crippen LogP contribution in [0.5, 0.6) is 0 Å². The largest absolute Gasteiger partial charge is 0.383 e. The second-order valence-electron chi connectivity index (χ2n) is 5.24. The number of carbonyl (C=O) groups is 1. The standard InChI is InChI=1S/C16H23N3O3S/c1-21-9-6-17-16(23)18-14-4-2-13(3-5-14)12-15(20)19-7-10-22-11-8-19/h2-5H,6-12H2,1H3,(H2,17,18,23). The highest BCUT2D eigenvalue weighted by molar-refractivity contribution is 7.80. The van der Waals surface area contributed by atoms with E-state index in [-0.39, 0.29) is 5.91 Å². The van der Waals surface area contributed by atoms with Crippen LogP contribution < -0.4 is 10.6 Å². The van der Waals surface area contributed by atoms with Crippen molar-refractivity contribution in [3.8, 4) is 0 Å².